The van der Waals surface area contributed by atoms with E-state index in [1.807, 2.05) is 6.08 Å². The van der Waals surface area contributed by atoms with Gasteiger partial charge in [0, 0.05) is 5.92 Å². The third-order valence-electron chi connectivity index (χ3n) is 3.79. The molecule has 1 heterocycles. The molecule has 0 spiro atoms. The third-order valence-corrected chi connectivity index (χ3v) is 4.62. The lowest BCUT2D eigenvalue weighted by Gasteiger charge is -2.38. The first kappa shape index (κ1) is 15.1. The van der Waals surface area contributed by atoms with Crippen molar-refractivity contribution >= 4 is 22.8 Å². The van der Waals surface area contributed by atoms with Gasteiger partial charge in [0.05, 0.1) is 11.0 Å². The Labute approximate surface area is 124 Å². The van der Waals surface area contributed by atoms with Crippen LogP contribution in [0.4, 0.5) is 0 Å². The van der Waals surface area contributed by atoms with Gasteiger partial charge < -0.3 is 10.5 Å². The van der Waals surface area contributed by atoms with Gasteiger partial charge in [0.2, 0.25) is 0 Å². The fraction of sp³-hybridized carbons (Fsp3) is 0.600. The van der Waals surface area contributed by atoms with E-state index < -0.39 is 0 Å². The zero-order valence-corrected chi connectivity index (χ0v) is 12.7. The van der Waals surface area contributed by atoms with E-state index in [9.17, 15) is 4.79 Å². The molecule has 1 saturated carbocycles. The van der Waals surface area contributed by atoms with Crippen LogP contribution in [0.2, 0.25) is 0 Å². The lowest BCUT2D eigenvalue weighted by molar-refractivity contribution is -0.113. The van der Waals surface area contributed by atoms with Gasteiger partial charge in [-0.05, 0) is 36.4 Å². The molecular weight excluding hydrogens is 272 g/mol. The number of carbonyl (C=O) groups is 1. The van der Waals surface area contributed by atoms with Crippen molar-refractivity contribution in [3.05, 3.63) is 11.0 Å². The molecule has 1 aliphatic carbocycles. The second-order valence-electron chi connectivity index (χ2n) is 5.59. The van der Waals surface area contributed by atoms with Gasteiger partial charge in [0.1, 0.15) is 6.61 Å². The summed E-state index contributed by atoms with van der Waals surface area (Å²) in [5, 5.41) is 0.319. The summed E-state index contributed by atoms with van der Waals surface area (Å²) in [6, 6.07) is 0. The Balaban J connectivity index is 2.15. The van der Waals surface area contributed by atoms with E-state index in [4.69, 9.17) is 16.9 Å². The van der Waals surface area contributed by atoms with Crippen LogP contribution < -0.4 is 5.73 Å². The highest BCUT2D eigenvalue weighted by molar-refractivity contribution is 8.18. The van der Waals surface area contributed by atoms with Gasteiger partial charge in [-0.1, -0.05) is 25.8 Å². The van der Waals surface area contributed by atoms with Crippen molar-refractivity contribution in [1.29, 1.82) is 0 Å². The molecule has 0 bridgehead atoms. The summed E-state index contributed by atoms with van der Waals surface area (Å²) in [5.41, 5.74) is 5.58. The number of ether oxygens (including phenoxy) is 1. The van der Waals surface area contributed by atoms with Crippen molar-refractivity contribution < 1.29 is 9.53 Å². The van der Waals surface area contributed by atoms with E-state index >= 15 is 0 Å². The predicted octanol–water partition coefficient (Wildman–Crippen LogP) is 2.16. The lowest BCUT2D eigenvalue weighted by atomic mass is 9.74. The number of rotatable bonds is 3. The Morgan fingerprint density at radius 3 is 2.90 bits per heavy atom. The second-order valence-corrected chi connectivity index (χ2v) is 6.65. The van der Waals surface area contributed by atoms with Crippen LogP contribution >= 0.6 is 11.8 Å². The number of terminal acetylenes is 1. The SMILES string of the molecule is C#CCOC1C(C)CC(C)CC1/C=C1\SC(N)=NC1=O. The van der Waals surface area contributed by atoms with Crippen LogP contribution in [0.15, 0.2) is 16.0 Å². The molecule has 1 aliphatic heterocycles. The molecule has 0 aromatic heterocycles. The van der Waals surface area contributed by atoms with Crippen LogP contribution in [0.1, 0.15) is 26.7 Å². The van der Waals surface area contributed by atoms with E-state index in [1.165, 1.54) is 11.8 Å². The van der Waals surface area contributed by atoms with Crippen LogP contribution in [0, 0.1) is 30.1 Å². The standard InChI is InChI=1S/C15H20N2O2S/c1-4-5-19-13-10(3)6-9(2)7-11(13)8-12-14(18)17-15(16)20-12/h1,8-11,13H,5-7H2,2-3H3,(H2,16,17,18)/b12-8-. The summed E-state index contributed by atoms with van der Waals surface area (Å²) in [6.07, 6.45) is 9.44. The molecule has 2 aliphatic rings. The van der Waals surface area contributed by atoms with Gasteiger partial charge >= 0.3 is 0 Å². The number of nitrogens with zero attached hydrogens (tertiary/aromatic N) is 1. The van der Waals surface area contributed by atoms with Crippen LogP contribution in [0.5, 0.6) is 0 Å². The number of nitrogens with two attached hydrogens (primary N) is 1. The molecule has 1 fully saturated rings. The molecule has 5 heteroatoms. The predicted molar refractivity (Wildman–Crippen MR) is 81.9 cm³/mol. The van der Waals surface area contributed by atoms with Crippen molar-refractivity contribution in [3.63, 3.8) is 0 Å². The molecule has 0 aromatic carbocycles. The number of aliphatic imine (C=N–C) groups is 1. The Bertz CT molecular complexity index is 493. The van der Waals surface area contributed by atoms with Crippen molar-refractivity contribution in [2.45, 2.75) is 32.8 Å². The van der Waals surface area contributed by atoms with Crippen molar-refractivity contribution in [2.75, 3.05) is 6.61 Å². The zero-order chi connectivity index (χ0) is 14.7. The quantitative estimate of drug-likeness (QED) is 0.639. The highest BCUT2D eigenvalue weighted by atomic mass is 32.2. The first-order valence-corrected chi connectivity index (χ1v) is 7.66. The number of carbonyl (C=O) groups excluding carboxylic acids is 1. The normalized spacial score (nSPS) is 36.0. The maximum Gasteiger partial charge on any atom is 0.285 e. The van der Waals surface area contributed by atoms with Gasteiger partial charge in [-0.15, -0.1) is 6.42 Å². The molecule has 4 atom stereocenters. The van der Waals surface area contributed by atoms with Crippen LogP contribution in [0.25, 0.3) is 0 Å². The van der Waals surface area contributed by atoms with Gasteiger partial charge in [-0.2, -0.15) is 4.99 Å². The number of amides is 1. The average molecular weight is 292 g/mol. The molecule has 4 nitrogen and oxygen atoms in total. The molecule has 0 saturated heterocycles. The van der Waals surface area contributed by atoms with E-state index in [0.29, 0.717) is 28.5 Å². The molecule has 1 amide bonds. The minimum atomic E-state index is -0.242. The summed E-state index contributed by atoms with van der Waals surface area (Å²) >= 11 is 1.24. The van der Waals surface area contributed by atoms with Crippen LogP contribution in [-0.2, 0) is 9.53 Å². The van der Waals surface area contributed by atoms with E-state index in [2.05, 4.69) is 24.8 Å². The smallest absolute Gasteiger partial charge is 0.285 e. The summed E-state index contributed by atoms with van der Waals surface area (Å²) in [7, 11) is 0. The van der Waals surface area contributed by atoms with Crippen molar-refractivity contribution in [1.82, 2.24) is 0 Å². The number of hydrogen-bond acceptors (Lipinski definition) is 4. The Morgan fingerprint density at radius 2 is 2.30 bits per heavy atom. The fourth-order valence-electron chi connectivity index (χ4n) is 3.11. The minimum absolute atomic E-state index is 0.0602. The minimum Gasteiger partial charge on any atom is -0.378 e. The van der Waals surface area contributed by atoms with Crippen LogP contribution in [0.3, 0.4) is 0 Å². The third kappa shape index (κ3) is 3.44. The first-order valence-electron chi connectivity index (χ1n) is 6.84. The van der Waals surface area contributed by atoms with Gasteiger partial charge in [-0.25, -0.2) is 0 Å². The Kier molecular flexibility index (Phi) is 4.90. The van der Waals surface area contributed by atoms with Gasteiger partial charge in [-0.3, -0.25) is 4.79 Å². The highest BCUT2D eigenvalue weighted by Crippen LogP contribution is 2.38. The molecule has 2 N–H and O–H groups in total. The molecular formula is C15H20N2O2S. The number of hydrogen-bond donors (Lipinski definition) is 1. The number of amidine groups is 1. The zero-order valence-electron chi connectivity index (χ0n) is 11.8. The summed E-state index contributed by atoms with van der Waals surface area (Å²) in [4.78, 5) is 16.1. The molecule has 4 unspecified atom stereocenters. The van der Waals surface area contributed by atoms with E-state index in [0.717, 1.165) is 12.8 Å². The average Bonchev–Trinajstić information content (AvgIpc) is 2.66. The maximum absolute atomic E-state index is 11.7. The van der Waals surface area contributed by atoms with E-state index in [1.54, 1.807) is 0 Å². The number of thioether (sulfide) groups is 1. The Hall–Kier alpha value is -1.25. The lowest BCUT2D eigenvalue weighted by Crippen LogP contribution is -2.36. The molecule has 0 aromatic rings. The largest absolute Gasteiger partial charge is 0.378 e. The van der Waals surface area contributed by atoms with Crippen LogP contribution in [-0.4, -0.2) is 23.8 Å². The summed E-state index contributed by atoms with van der Waals surface area (Å²) in [5.74, 6) is 3.50. The molecule has 0 radical (unpaired) electrons. The maximum atomic E-state index is 11.7. The monoisotopic (exact) mass is 292 g/mol. The molecule has 108 valence electrons. The van der Waals surface area contributed by atoms with E-state index in [-0.39, 0.29) is 17.9 Å². The van der Waals surface area contributed by atoms with Gasteiger partial charge in [0.15, 0.2) is 5.17 Å². The molecule has 20 heavy (non-hydrogen) atoms. The fourth-order valence-corrected chi connectivity index (χ4v) is 3.84. The topological polar surface area (TPSA) is 64.7 Å². The molecule has 2 rings (SSSR count). The van der Waals surface area contributed by atoms with Crippen molar-refractivity contribution in [3.8, 4) is 12.3 Å². The highest BCUT2D eigenvalue weighted by Gasteiger charge is 2.35. The summed E-state index contributed by atoms with van der Waals surface area (Å²) < 4.78 is 5.81. The van der Waals surface area contributed by atoms with Gasteiger partial charge in [0.25, 0.3) is 5.91 Å². The Morgan fingerprint density at radius 1 is 1.55 bits per heavy atom. The van der Waals surface area contributed by atoms with Crippen molar-refractivity contribution in [2.24, 2.45) is 28.5 Å². The first-order chi connectivity index (χ1) is 9.51. The second kappa shape index (κ2) is 6.47. The summed E-state index contributed by atoms with van der Waals surface area (Å²) in [6.45, 7) is 4.72.